The summed E-state index contributed by atoms with van der Waals surface area (Å²) in [7, 11) is 1.80. The Morgan fingerprint density at radius 2 is 2.04 bits per heavy atom. The van der Waals surface area contributed by atoms with Gasteiger partial charge in [0.1, 0.15) is 12.4 Å². The molecule has 10 nitrogen and oxygen atoms in total. The SMILES string of the molecule is CCn1ncc(NC(=O)Cn2cc(-c3nc(C)cc(NC)n3)cn2)n1. The summed E-state index contributed by atoms with van der Waals surface area (Å²) in [6, 6.07) is 1.85. The van der Waals surface area contributed by atoms with E-state index < -0.39 is 0 Å². The van der Waals surface area contributed by atoms with Crippen LogP contribution < -0.4 is 10.6 Å². The molecule has 3 heterocycles. The van der Waals surface area contributed by atoms with Gasteiger partial charge in [0.2, 0.25) is 5.91 Å². The molecule has 3 aromatic heterocycles. The van der Waals surface area contributed by atoms with Gasteiger partial charge in [0.15, 0.2) is 11.6 Å². The maximum Gasteiger partial charge on any atom is 0.247 e. The standard InChI is InChI=1S/C15H19N9O/c1-4-24-18-7-13(22-24)20-14(25)9-23-8-11(6-17-23)15-19-10(2)5-12(16-3)21-15/h5-8H,4,9H2,1-3H3,(H,16,19,21)(H,20,22,25). The molecule has 0 saturated carbocycles. The number of amides is 1. The van der Waals surface area contributed by atoms with Crippen molar-refractivity contribution in [3.63, 3.8) is 0 Å². The summed E-state index contributed by atoms with van der Waals surface area (Å²) in [5.41, 5.74) is 1.59. The summed E-state index contributed by atoms with van der Waals surface area (Å²) in [5, 5.41) is 18.0. The van der Waals surface area contributed by atoms with Gasteiger partial charge in [-0.1, -0.05) is 0 Å². The minimum atomic E-state index is -0.237. The monoisotopic (exact) mass is 341 g/mol. The normalized spacial score (nSPS) is 10.7. The summed E-state index contributed by atoms with van der Waals surface area (Å²) in [5.74, 6) is 1.47. The van der Waals surface area contributed by atoms with Crippen LogP contribution in [0.4, 0.5) is 11.6 Å². The molecule has 130 valence electrons. The highest BCUT2D eigenvalue weighted by Gasteiger charge is 2.11. The van der Waals surface area contributed by atoms with Crippen molar-refractivity contribution in [1.82, 2.24) is 34.7 Å². The molecule has 25 heavy (non-hydrogen) atoms. The van der Waals surface area contributed by atoms with Crippen LogP contribution in [0, 0.1) is 6.92 Å². The Morgan fingerprint density at radius 3 is 2.76 bits per heavy atom. The molecule has 0 aliphatic rings. The summed E-state index contributed by atoms with van der Waals surface area (Å²) in [4.78, 5) is 22.4. The molecule has 0 aliphatic carbocycles. The minimum Gasteiger partial charge on any atom is -0.373 e. The predicted octanol–water partition coefficient (Wildman–Crippen LogP) is 0.940. The van der Waals surface area contributed by atoms with Crippen molar-refractivity contribution in [3.8, 4) is 11.4 Å². The highest BCUT2D eigenvalue weighted by Crippen LogP contribution is 2.17. The predicted molar refractivity (Wildman–Crippen MR) is 91.9 cm³/mol. The lowest BCUT2D eigenvalue weighted by molar-refractivity contribution is -0.116. The molecule has 0 spiro atoms. The van der Waals surface area contributed by atoms with Crippen LogP contribution in [0.5, 0.6) is 0 Å². The third-order valence-electron chi connectivity index (χ3n) is 3.39. The molecule has 2 N–H and O–H groups in total. The zero-order chi connectivity index (χ0) is 17.8. The number of nitrogens with one attached hydrogen (secondary N) is 2. The zero-order valence-corrected chi connectivity index (χ0v) is 14.3. The molecule has 0 bridgehead atoms. The van der Waals surface area contributed by atoms with Crippen LogP contribution >= 0.6 is 0 Å². The number of carbonyl (C=O) groups excluding carboxylic acids is 1. The maximum absolute atomic E-state index is 12.1. The van der Waals surface area contributed by atoms with Crippen LogP contribution in [-0.2, 0) is 17.9 Å². The second-order valence-electron chi connectivity index (χ2n) is 5.36. The number of nitrogens with zero attached hydrogens (tertiary/aromatic N) is 7. The van der Waals surface area contributed by atoms with Crippen molar-refractivity contribution < 1.29 is 4.79 Å². The van der Waals surface area contributed by atoms with Gasteiger partial charge in [-0.15, -0.1) is 5.10 Å². The number of hydrogen-bond donors (Lipinski definition) is 2. The van der Waals surface area contributed by atoms with Crippen LogP contribution in [0.25, 0.3) is 11.4 Å². The van der Waals surface area contributed by atoms with Gasteiger partial charge < -0.3 is 10.6 Å². The van der Waals surface area contributed by atoms with E-state index in [0.717, 1.165) is 17.1 Å². The van der Waals surface area contributed by atoms with Crippen molar-refractivity contribution in [1.29, 1.82) is 0 Å². The van der Waals surface area contributed by atoms with Crippen LogP contribution in [-0.4, -0.2) is 47.7 Å². The Hall–Kier alpha value is -3.30. The molecule has 0 aromatic carbocycles. The second kappa shape index (κ2) is 7.07. The molecule has 0 fully saturated rings. The second-order valence-corrected chi connectivity index (χ2v) is 5.36. The number of anilines is 2. The van der Waals surface area contributed by atoms with E-state index in [2.05, 4.69) is 35.9 Å². The molecule has 3 aromatic rings. The van der Waals surface area contributed by atoms with Gasteiger partial charge in [0.05, 0.1) is 24.5 Å². The lowest BCUT2D eigenvalue weighted by Gasteiger charge is -2.03. The van der Waals surface area contributed by atoms with Crippen LogP contribution in [0.2, 0.25) is 0 Å². The summed E-state index contributed by atoms with van der Waals surface area (Å²) >= 11 is 0. The molecule has 0 unspecified atom stereocenters. The fraction of sp³-hybridized carbons (Fsp3) is 0.333. The number of hydrogen-bond acceptors (Lipinski definition) is 7. The third-order valence-corrected chi connectivity index (χ3v) is 3.39. The maximum atomic E-state index is 12.1. The molecule has 0 aliphatic heterocycles. The van der Waals surface area contributed by atoms with Crippen molar-refractivity contribution >= 4 is 17.5 Å². The van der Waals surface area contributed by atoms with Crippen LogP contribution in [0.3, 0.4) is 0 Å². The number of rotatable bonds is 6. The van der Waals surface area contributed by atoms with Crippen LogP contribution in [0.15, 0.2) is 24.7 Å². The van der Waals surface area contributed by atoms with Gasteiger partial charge in [-0.3, -0.25) is 9.48 Å². The number of carbonyl (C=O) groups is 1. The van der Waals surface area contributed by atoms with Crippen LogP contribution in [0.1, 0.15) is 12.6 Å². The Morgan fingerprint density at radius 1 is 1.20 bits per heavy atom. The fourth-order valence-electron chi connectivity index (χ4n) is 2.23. The molecule has 10 heteroatoms. The lowest BCUT2D eigenvalue weighted by atomic mass is 10.3. The van der Waals surface area contributed by atoms with Crippen molar-refractivity contribution in [3.05, 3.63) is 30.4 Å². The fourth-order valence-corrected chi connectivity index (χ4v) is 2.23. The van der Waals surface area contributed by atoms with E-state index in [1.165, 1.54) is 15.7 Å². The molecule has 0 radical (unpaired) electrons. The van der Waals surface area contributed by atoms with Gasteiger partial charge in [-0.05, 0) is 13.8 Å². The Kier molecular flexibility index (Phi) is 4.68. The largest absolute Gasteiger partial charge is 0.373 e. The van der Waals surface area contributed by atoms with E-state index >= 15 is 0 Å². The van der Waals surface area contributed by atoms with Crippen molar-refractivity contribution in [2.45, 2.75) is 26.9 Å². The Balaban J connectivity index is 1.69. The lowest BCUT2D eigenvalue weighted by Crippen LogP contribution is -2.19. The van der Waals surface area contributed by atoms with Gasteiger partial charge in [0, 0.05) is 25.0 Å². The van der Waals surface area contributed by atoms with E-state index in [1.807, 2.05) is 19.9 Å². The number of aromatic nitrogens is 7. The smallest absolute Gasteiger partial charge is 0.247 e. The first kappa shape index (κ1) is 16.6. The van der Waals surface area contributed by atoms with Gasteiger partial charge in [-0.25, -0.2) is 9.97 Å². The van der Waals surface area contributed by atoms with E-state index in [0.29, 0.717) is 18.2 Å². The van der Waals surface area contributed by atoms with Crippen molar-refractivity contribution in [2.75, 3.05) is 17.7 Å². The first-order valence-electron chi connectivity index (χ1n) is 7.83. The molecular formula is C15H19N9O. The summed E-state index contributed by atoms with van der Waals surface area (Å²) in [6.07, 6.45) is 4.88. The first-order chi connectivity index (χ1) is 12.1. The average Bonchev–Trinajstić information content (AvgIpc) is 3.23. The minimum absolute atomic E-state index is 0.0592. The zero-order valence-electron chi connectivity index (χ0n) is 14.3. The van der Waals surface area contributed by atoms with Crippen molar-refractivity contribution in [2.24, 2.45) is 0 Å². The molecule has 1 amide bonds. The van der Waals surface area contributed by atoms with E-state index in [-0.39, 0.29) is 12.5 Å². The summed E-state index contributed by atoms with van der Waals surface area (Å²) < 4.78 is 1.53. The topological polar surface area (TPSA) is 115 Å². The molecule has 0 atom stereocenters. The first-order valence-corrected chi connectivity index (χ1v) is 7.83. The molecular weight excluding hydrogens is 322 g/mol. The summed E-state index contributed by atoms with van der Waals surface area (Å²) in [6.45, 7) is 4.52. The molecule has 3 rings (SSSR count). The van der Waals surface area contributed by atoms with E-state index in [4.69, 9.17) is 0 Å². The third kappa shape index (κ3) is 3.97. The van der Waals surface area contributed by atoms with Gasteiger partial charge >= 0.3 is 0 Å². The quantitative estimate of drug-likeness (QED) is 0.685. The van der Waals surface area contributed by atoms with Gasteiger partial charge in [-0.2, -0.15) is 15.0 Å². The Bertz CT molecular complexity index is 883. The average molecular weight is 341 g/mol. The van der Waals surface area contributed by atoms with E-state index in [1.54, 1.807) is 19.4 Å². The Labute approximate surface area is 144 Å². The highest BCUT2D eigenvalue weighted by atomic mass is 16.2. The highest BCUT2D eigenvalue weighted by molar-refractivity contribution is 5.89. The van der Waals surface area contributed by atoms with E-state index in [9.17, 15) is 4.79 Å². The van der Waals surface area contributed by atoms with Gasteiger partial charge in [0.25, 0.3) is 0 Å². The number of aryl methyl sites for hydroxylation is 2. The molecule has 0 saturated heterocycles.